The van der Waals surface area contributed by atoms with Crippen LogP contribution in [0.1, 0.15) is 18.2 Å². The maximum atomic E-state index is 12.5. The van der Waals surface area contributed by atoms with E-state index in [0.717, 1.165) is 17.4 Å². The average Bonchev–Trinajstić information content (AvgIpc) is 2.52. The zero-order valence-corrected chi connectivity index (χ0v) is 12.3. The Balaban J connectivity index is 2.13. The van der Waals surface area contributed by atoms with Crippen molar-refractivity contribution < 1.29 is 17.9 Å². The first-order valence-electron chi connectivity index (χ1n) is 6.73. The second-order valence-electron chi connectivity index (χ2n) is 4.64. The van der Waals surface area contributed by atoms with Crippen LogP contribution in [0, 0.1) is 0 Å². The van der Waals surface area contributed by atoms with Gasteiger partial charge in [0.1, 0.15) is 5.75 Å². The minimum Gasteiger partial charge on any atom is -0.497 e. The number of methoxy groups -OCH3 is 1. The Morgan fingerprint density at radius 1 is 1.05 bits per heavy atom. The highest BCUT2D eigenvalue weighted by Crippen LogP contribution is 2.27. The summed E-state index contributed by atoms with van der Waals surface area (Å²) in [5.41, 5.74) is 0.0149. The standard InChI is InChI=1S/C15H16F3N3O/c1-3-21(10-11-4-6-12(22-2)7-5-11)14-9-8-13(19-20-14)15(16,17)18/h4-9H,3,10H2,1-2H3. The highest BCUT2D eigenvalue weighted by atomic mass is 19.4. The molecule has 0 atom stereocenters. The third kappa shape index (κ3) is 3.87. The van der Waals surface area contributed by atoms with E-state index in [4.69, 9.17) is 4.74 Å². The zero-order valence-electron chi connectivity index (χ0n) is 12.3. The van der Waals surface area contributed by atoms with Gasteiger partial charge < -0.3 is 9.64 Å². The largest absolute Gasteiger partial charge is 0.497 e. The SMILES string of the molecule is CCN(Cc1ccc(OC)cc1)c1ccc(C(F)(F)F)nn1. The van der Waals surface area contributed by atoms with Gasteiger partial charge >= 0.3 is 6.18 Å². The Morgan fingerprint density at radius 3 is 2.18 bits per heavy atom. The van der Waals surface area contributed by atoms with Crippen LogP contribution in [0.2, 0.25) is 0 Å². The monoisotopic (exact) mass is 311 g/mol. The van der Waals surface area contributed by atoms with Crippen LogP contribution in [0.15, 0.2) is 36.4 Å². The summed E-state index contributed by atoms with van der Waals surface area (Å²) < 4.78 is 42.6. The van der Waals surface area contributed by atoms with Gasteiger partial charge in [-0.25, -0.2) is 0 Å². The molecule has 1 aromatic heterocycles. The summed E-state index contributed by atoms with van der Waals surface area (Å²) in [6, 6.07) is 9.75. The Morgan fingerprint density at radius 2 is 1.73 bits per heavy atom. The van der Waals surface area contributed by atoms with Crippen LogP contribution in [0.5, 0.6) is 5.75 Å². The lowest BCUT2D eigenvalue weighted by Crippen LogP contribution is -2.24. The summed E-state index contributed by atoms with van der Waals surface area (Å²) in [6.07, 6.45) is -4.47. The van der Waals surface area contributed by atoms with Crippen molar-refractivity contribution in [3.05, 3.63) is 47.7 Å². The fraction of sp³-hybridized carbons (Fsp3) is 0.333. The van der Waals surface area contributed by atoms with Gasteiger partial charge in [-0.05, 0) is 36.8 Å². The first-order chi connectivity index (χ1) is 10.4. The maximum absolute atomic E-state index is 12.5. The molecule has 0 fully saturated rings. The van der Waals surface area contributed by atoms with Gasteiger partial charge in [0.05, 0.1) is 7.11 Å². The molecule has 1 heterocycles. The second-order valence-corrected chi connectivity index (χ2v) is 4.64. The van der Waals surface area contributed by atoms with Gasteiger partial charge in [0.2, 0.25) is 0 Å². The summed E-state index contributed by atoms with van der Waals surface area (Å²) in [7, 11) is 1.59. The van der Waals surface area contributed by atoms with Gasteiger partial charge in [0, 0.05) is 13.1 Å². The van der Waals surface area contributed by atoms with Crippen molar-refractivity contribution in [2.45, 2.75) is 19.6 Å². The third-order valence-electron chi connectivity index (χ3n) is 3.18. The first-order valence-corrected chi connectivity index (χ1v) is 6.73. The predicted octanol–water partition coefficient (Wildman–Crippen LogP) is 3.53. The van der Waals surface area contributed by atoms with Gasteiger partial charge in [-0.1, -0.05) is 12.1 Å². The lowest BCUT2D eigenvalue weighted by molar-refractivity contribution is -0.141. The number of benzene rings is 1. The van der Waals surface area contributed by atoms with E-state index in [1.54, 1.807) is 7.11 Å². The summed E-state index contributed by atoms with van der Waals surface area (Å²) >= 11 is 0. The van der Waals surface area contributed by atoms with Gasteiger partial charge in [0.25, 0.3) is 0 Å². The molecule has 0 bridgehead atoms. The Hall–Kier alpha value is -2.31. The average molecular weight is 311 g/mol. The van der Waals surface area contributed by atoms with Crippen molar-refractivity contribution in [3.8, 4) is 5.75 Å². The second kappa shape index (κ2) is 6.64. The lowest BCUT2D eigenvalue weighted by atomic mass is 10.2. The van der Waals surface area contributed by atoms with Crippen LogP contribution in [0.4, 0.5) is 19.0 Å². The number of halogens is 3. The van der Waals surface area contributed by atoms with Gasteiger partial charge in [-0.3, -0.25) is 0 Å². The van der Waals surface area contributed by atoms with Crippen molar-refractivity contribution in [1.82, 2.24) is 10.2 Å². The first kappa shape index (κ1) is 16.1. The van der Waals surface area contributed by atoms with E-state index in [1.807, 2.05) is 36.1 Å². The highest BCUT2D eigenvalue weighted by molar-refractivity contribution is 5.39. The molecular formula is C15H16F3N3O. The summed E-state index contributed by atoms with van der Waals surface area (Å²) in [4.78, 5) is 1.84. The number of hydrogen-bond acceptors (Lipinski definition) is 4. The van der Waals surface area contributed by atoms with Crippen molar-refractivity contribution in [1.29, 1.82) is 0 Å². The van der Waals surface area contributed by atoms with Crippen molar-refractivity contribution in [2.75, 3.05) is 18.6 Å². The Bertz CT molecular complexity index is 597. The van der Waals surface area contributed by atoms with Crippen LogP contribution < -0.4 is 9.64 Å². The van der Waals surface area contributed by atoms with Crippen LogP contribution in [-0.4, -0.2) is 23.9 Å². The highest BCUT2D eigenvalue weighted by Gasteiger charge is 2.33. The van der Waals surface area contributed by atoms with E-state index in [1.165, 1.54) is 6.07 Å². The van der Waals surface area contributed by atoms with Crippen molar-refractivity contribution in [3.63, 3.8) is 0 Å². The molecular weight excluding hydrogens is 295 g/mol. The van der Waals surface area contributed by atoms with E-state index in [0.29, 0.717) is 18.9 Å². The molecule has 0 N–H and O–H groups in total. The molecule has 4 nitrogen and oxygen atoms in total. The fourth-order valence-electron chi connectivity index (χ4n) is 1.95. The van der Waals surface area contributed by atoms with Crippen LogP contribution in [-0.2, 0) is 12.7 Å². The normalized spacial score (nSPS) is 11.3. The lowest BCUT2D eigenvalue weighted by Gasteiger charge is -2.21. The molecule has 0 aliphatic heterocycles. The van der Waals surface area contributed by atoms with Crippen LogP contribution in [0.3, 0.4) is 0 Å². The molecule has 0 aliphatic carbocycles. The van der Waals surface area contributed by atoms with Gasteiger partial charge in [-0.2, -0.15) is 13.2 Å². The maximum Gasteiger partial charge on any atom is 0.435 e. The quantitative estimate of drug-likeness (QED) is 0.846. The van der Waals surface area contributed by atoms with Crippen molar-refractivity contribution >= 4 is 5.82 Å². The number of ether oxygens (including phenoxy) is 1. The number of aromatic nitrogens is 2. The molecule has 1 aromatic carbocycles. The van der Waals surface area contributed by atoms with Crippen LogP contribution >= 0.6 is 0 Å². The molecule has 0 saturated carbocycles. The number of anilines is 1. The predicted molar refractivity (Wildman–Crippen MR) is 76.8 cm³/mol. The zero-order chi connectivity index (χ0) is 16.2. The number of hydrogen-bond donors (Lipinski definition) is 0. The molecule has 0 amide bonds. The molecule has 118 valence electrons. The Kier molecular flexibility index (Phi) is 4.85. The Labute approximate surface area is 126 Å². The molecule has 0 radical (unpaired) electrons. The molecule has 2 rings (SSSR count). The number of nitrogens with zero attached hydrogens (tertiary/aromatic N) is 3. The third-order valence-corrected chi connectivity index (χ3v) is 3.18. The summed E-state index contributed by atoms with van der Waals surface area (Å²) in [5, 5.41) is 6.93. The van der Waals surface area contributed by atoms with E-state index in [2.05, 4.69) is 10.2 Å². The molecule has 0 unspecified atom stereocenters. The van der Waals surface area contributed by atoms with Crippen LogP contribution in [0.25, 0.3) is 0 Å². The molecule has 0 saturated heterocycles. The van der Waals surface area contributed by atoms with E-state index in [-0.39, 0.29) is 0 Å². The minimum absolute atomic E-state index is 0.409. The van der Waals surface area contributed by atoms with E-state index >= 15 is 0 Å². The van der Waals surface area contributed by atoms with E-state index in [9.17, 15) is 13.2 Å². The molecule has 0 aliphatic rings. The smallest absolute Gasteiger partial charge is 0.435 e. The topological polar surface area (TPSA) is 38.2 Å². The number of rotatable bonds is 5. The van der Waals surface area contributed by atoms with Gasteiger partial charge in [0.15, 0.2) is 11.5 Å². The molecule has 0 spiro atoms. The fourth-order valence-corrected chi connectivity index (χ4v) is 1.95. The summed E-state index contributed by atoms with van der Waals surface area (Å²) in [5.74, 6) is 1.16. The summed E-state index contributed by atoms with van der Waals surface area (Å²) in [6.45, 7) is 3.04. The molecule has 22 heavy (non-hydrogen) atoms. The molecule has 7 heteroatoms. The molecule has 2 aromatic rings. The van der Waals surface area contributed by atoms with Gasteiger partial charge in [-0.15, -0.1) is 10.2 Å². The van der Waals surface area contributed by atoms with Crippen molar-refractivity contribution in [2.24, 2.45) is 0 Å². The van der Waals surface area contributed by atoms with E-state index < -0.39 is 11.9 Å². The minimum atomic E-state index is -4.47. The number of alkyl halides is 3.